The fraction of sp³-hybridized carbons (Fsp3) is 0.154. The maximum Gasteiger partial charge on any atom is 0.354 e. The summed E-state index contributed by atoms with van der Waals surface area (Å²) < 4.78 is 0. The van der Waals surface area contributed by atoms with Gasteiger partial charge >= 0.3 is 5.97 Å². The normalized spacial score (nSPS) is 10.3. The molecule has 0 aliphatic heterocycles. The van der Waals surface area contributed by atoms with Gasteiger partial charge in [-0.2, -0.15) is 0 Å². The molecule has 1 heterocycles. The summed E-state index contributed by atoms with van der Waals surface area (Å²) in [4.78, 5) is 28.6. The van der Waals surface area contributed by atoms with E-state index >= 15 is 0 Å². The van der Waals surface area contributed by atoms with E-state index in [1.54, 1.807) is 0 Å². The fourth-order valence-corrected chi connectivity index (χ4v) is 1.60. The topological polar surface area (TPSA) is 83.0 Å². The van der Waals surface area contributed by atoms with Crippen LogP contribution in [0.4, 0.5) is 0 Å². The van der Waals surface area contributed by atoms with Gasteiger partial charge < -0.3 is 10.1 Å². The lowest BCUT2D eigenvalue weighted by Crippen LogP contribution is -2.13. The van der Waals surface area contributed by atoms with Gasteiger partial charge in [-0.3, -0.25) is 4.79 Å². The second-order valence-electron chi connectivity index (χ2n) is 3.83. The Morgan fingerprint density at radius 1 is 1.33 bits per heavy atom. The molecule has 0 bridgehead atoms. The molecule has 0 aliphatic carbocycles. The van der Waals surface area contributed by atoms with Crippen LogP contribution in [0.1, 0.15) is 23.0 Å². The predicted molar refractivity (Wildman–Crippen MR) is 66.6 cm³/mol. The van der Waals surface area contributed by atoms with Crippen molar-refractivity contribution in [2.24, 2.45) is 0 Å². The number of nitrogens with one attached hydrogen (secondary N) is 1. The van der Waals surface area contributed by atoms with Gasteiger partial charge in [0, 0.05) is 11.6 Å². The van der Waals surface area contributed by atoms with Gasteiger partial charge in [-0.15, -0.1) is 0 Å². The van der Waals surface area contributed by atoms with Crippen molar-refractivity contribution in [3.8, 4) is 11.4 Å². The third kappa shape index (κ3) is 2.45. The SMILES string of the molecule is CCc1ccc(-c2nc(C(=O)O)cc(=O)[nH]2)cc1. The summed E-state index contributed by atoms with van der Waals surface area (Å²) in [5, 5.41) is 8.85. The van der Waals surface area contributed by atoms with Crippen molar-refractivity contribution < 1.29 is 9.90 Å². The van der Waals surface area contributed by atoms with Crippen LogP contribution in [0.25, 0.3) is 11.4 Å². The summed E-state index contributed by atoms with van der Waals surface area (Å²) >= 11 is 0. The molecule has 18 heavy (non-hydrogen) atoms. The Kier molecular flexibility index (Phi) is 3.23. The van der Waals surface area contributed by atoms with Gasteiger partial charge in [0.2, 0.25) is 0 Å². The molecule has 0 spiro atoms. The summed E-state index contributed by atoms with van der Waals surface area (Å²) in [6.45, 7) is 2.04. The molecule has 1 aromatic carbocycles. The minimum absolute atomic E-state index is 0.256. The molecule has 0 unspecified atom stereocenters. The van der Waals surface area contributed by atoms with Gasteiger partial charge in [0.1, 0.15) is 5.82 Å². The smallest absolute Gasteiger partial charge is 0.354 e. The van der Waals surface area contributed by atoms with E-state index < -0.39 is 11.5 Å². The average Bonchev–Trinajstić information content (AvgIpc) is 2.38. The fourth-order valence-electron chi connectivity index (χ4n) is 1.60. The van der Waals surface area contributed by atoms with Crippen LogP contribution in [-0.2, 0) is 6.42 Å². The molecule has 0 amide bonds. The first-order chi connectivity index (χ1) is 8.60. The van der Waals surface area contributed by atoms with Crippen LogP contribution in [-0.4, -0.2) is 21.0 Å². The molecular weight excluding hydrogens is 232 g/mol. The Morgan fingerprint density at radius 2 is 2.00 bits per heavy atom. The Bertz CT molecular complexity index is 629. The Balaban J connectivity index is 2.49. The van der Waals surface area contributed by atoms with Crippen molar-refractivity contribution in [3.63, 3.8) is 0 Å². The first-order valence-corrected chi connectivity index (χ1v) is 5.54. The number of aromatic nitrogens is 2. The van der Waals surface area contributed by atoms with Crippen LogP contribution in [0.5, 0.6) is 0 Å². The van der Waals surface area contributed by atoms with Crippen LogP contribution in [0.2, 0.25) is 0 Å². The number of H-pyrrole nitrogens is 1. The number of carboxylic acid groups (broad SMARTS) is 1. The van der Waals surface area contributed by atoms with Crippen LogP contribution < -0.4 is 5.56 Å². The lowest BCUT2D eigenvalue weighted by atomic mass is 10.1. The van der Waals surface area contributed by atoms with Crippen LogP contribution in [0.3, 0.4) is 0 Å². The van der Waals surface area contributed by atoms with E-state index in [1.807, 2.05) is 31.2 Å². The number of nitrogens with zero attached hydrogens (tertiary/aromatic N) is 1. The molecule has 2 N–H and O–H groups in total. The zero-order chi connectivity index (χ0) is 13.1. The van der Waals surface area contributed by atoms with E-state index in [-0.39, 0.29) is 11.5 Å². The lowest BCUT2D eigenvalue weighted by molar-refractivity contribution is 0.0690. The highest BCUT2D eigenvalue weighted by Gasteiger charge is 2.09. The molecule has 0 atom stereocenters. The molecule has 5 heteroatoms. The quantitative estimate of drug-likeness (QED) is 0.860. The van der Waals surface area contributed by atoms with Gasteiger partial charge in [0.25, 0.3) is 5.56 Å². The minimum atomic E-state index is -1.22. The van der Waals surface area contributed by atoms with E-state index in [4.69, 9.17) is 5.11 Å². The summed E-state index contributed by atoms with van der Waals surface area (Å²) in [7, 11) is 0. The predicted octanol–water partition coefficient (Wildman–Crippen LogP) is 1.70. The highest BCUT2D eigenvalue weighted by molar-refractivity contribution is 5.85. The zero-order valence-electron chi connectivity index (χ0n) is 9.80. The van der Waals surface area contributed by atoms with E-state index in [2.05, 4.69) is 9.97 Å². The summed E-state index contributed by atoms with van der Waals surface area (Å²) in [5.41, 5.74) is 1.12. The lowest BCUT2D eigenvalue weighted by Gasteiger charge is -2.03. The van der Waals surface area contributed by atoms with E-state index in [0.717, 1.165) is 18.1 Å². The summed E-state index contributed by atoms with van der Waals surface area (Å²) in [6.07, 6.45) is 0.916. The third-order valence-electron chi connectivity index (χ3n) is 2.60. The highest BCUT2D eigenvalue weighted by Crippen LogP contribution is 2.15. The van der Waals surface area contributed by atoms with Gasteiger partial charge in [0.05, 0.1) is 0 Å². The largest absolute Gasteiger partial charge is 0.477 e. The van der Waals surface area contributed by atoms with E-state index in [0.29, 0.717) is 5.56 Å². The Labute approximate surface area is 103 Å². The second kappa shape index (κ2) is 4.83. The van der Waals surface area contributed by atoms with Crippen molar-refractivity contribution in [2.75, 3.05) is 0 Å². The molecule has 0 saturated heterocycles. The van der Waals surface area contributed by atoms with Crippen molar-refractivity contribution in [3.05, 3.63) is 51.9 Å². The number of aromatic carboxylic acids is 1. The van der Waals surface area contributed by atoms with Crippen molar-refractivity contribution in [1.29, 1.82) is 0 Å². The average molecular weight is 244 g/mol. The molecule has 2 aromatic rings. The van der Waals surface area contributed by atoms with E-state index in [1.165, 1.54) is 0 Å². The van der Waals surface area contributed by atoms with Gasteiger partial charge in [-0.25, -0.2) is 9.78 Å². The van der Waals surface area contributed by atoms with Gasteiger partial charge in [-0.05, 0) is 12.0 Å². The Hall–Kier alpha value is -2.43. The monoisotopic (exact) mass is 244 g/mol. The molecule has 0 radical (unpaired) electrons. The van der Waals surface area contributed by atoms with Crippen molar-refractivity contribution in [2.45, 2.75) is 13.3 Å². The molecular formula is C13H12N2O3. The summed E-state index contributed by atoms with van der Waals surface area (Å²) in [6, 6.07) is 8.42. The number of carboxylic acids is 1. The zero-order valence-corrected chi connectivity index (χ0v) is 9.80. The maximum atomic E-state index is 11.4. The number of rotatable bonds is 3. The highest BCUT2D eigenvalue weighted by atomic mass is 16.4. The number of carbonyl (C=O) groups is 1. The number of aromatic amines is 1. The molecule has 1 aromatic heterocycles. The molecule has 2 rings (SSSR count). The second-order valence-corrected chi connectivity index (χ2v) is 3.83. The first kappa shape index (κ1) is 12.0. The van der Waals surface area contributed by atoms with Gasteiger partial charge in [0.15, 0.2) is 5.69 Å². The molecule has 5 nitrogen and oxygen atoms in total. The minimum Gasteiger partial charge on any atom is -0.477 e. The number of hydrogen-bond acceptors (Lipinski definition) is 3. The molecule has 0 fully saturated rings. The first-order valence-electron chi connectivity index (χ1n) is 5.54. The maximum absolute atomic E-state index is 11.4. The van der Waals surface area contributed by atoms with Crippen LogP contribution in [0.15, 0.2) is 35.1 Å². The number of aryl methyl sites for hydroxylation is 1. The number of hydrogen-bond donors (Lipinski definition) is 2. The van der Waals surface area contributed by atoms with Gasteiger partial charge in [-0.1, -0.05) is 31.2 Å². The van der Waals surface area contributed by atoms with Crippen LogP contribution in [0, 0.1) is 0 Å². The molecule has 0 aliphatic rings. The summed E-state index contributed by atoms with van der Waals surface area (Å²) in [5.74, 6) is -0.949. The molecule has 0 saturated carbocycles. The molecule has 92 valence electrons. The third-order valence-corrected chi connectivity index (χ3v) is 2.60. The Morgan fingerprint density at radius 3 is 2.56 bits per heavy atom. The van der Waals surface area contributed by atoms with Crippen molar-refractivity contribution >= 4 is 5.97 Å². The number of benzene rings is 1. The van der Waals surface area contributed by atoms with Crippen LogP contribution >= 0.6 is 0 Å². The van der Waals surface area contributed by atoms with Crippen molar-refractivity contribution in [1.82, 2.24) is 9.97 Å². The van der Waals surface area contributed by atoms with E-state index in [9.17, 15) is 9.59 Å². The standard InChI is InChI=1S/C13H12N2O3/c1-2-8-3-5-9(6-4-8)12-14-10(13(17)18)7-11(16)15-12/h3-7H,2H2,1H3,(H,17,18)(H,14,15,16).